The number of anilines is 2. The summed E-state index contributed by atoms with van der Waals surface area (Å²) in [7, 11) is 0. The zero-order chi connectivity index (χ0) is 17.9. The van der Waals surface area contributed by atoms with Gasteiger partial charge in [-0.3, -0.25) is 9.69 Å². The monoisotopic (exact) mass is 346 g/mol. The van der Waals surface area contributed by atoms with Crippen molar-refractivity contribution >= 4 is 35.0 Å². The van der Waals surface area contributed by atoms with E-state index < -0.39 is 11.6 Å². The molecule has 2 aromatic carbocycles. The highest BCUT2D eigenvalue weighted by Crippen LogP contribution is 2.25. The SMILES string of the molecule is CC(C)(C)N(C(=O)O)c1ccc(NC(=O)c2cccc(Cl)c2)cc1. The van der Waals surface area contributed by atoms with Crippen molar-refractivity contribution in [2.24, 2.45) is 0 Å². The first-order chi connectivity index (χ1) is 11.2. The fourth-order valence-corrected chi connectivity index (χ4v) is 2.50. The Hall–Kier alpha value is -2.53. The van der Waals surface area contributed by atoms with Gasteiger partial charge >= 0.3 is 6.09 Å². The number of halogens is 1. The Kier molecular flexibility index (Phi) is 5.14. The van der Waals surface area contributed by atoms with Crippen molar-refractivity contribution in [3.63, 3.8) is 0 Å². The van der Waals surface area contributed by atoms with Crippen LogP contribution in [0.3, 0.4) is 0 Å². The summed E-state index contributed by atoms with van der Waals surface area (Å²) in [4.78, 5) is 24.9. The third-order valence-electron chi connectivity index (χ3n) is 3.33. The van der Waals surface area contributed by atoms with Gasteiger partial charge < -0.3 is 10.4 Å². The molecule has 24 heavy (non-hydrogen) atoms. The van der Waals surface area contributed by atoms with Gasteiger partial charge in [-0.05, 0) is 63.2 Å². The maximum absolute atomic E-state index is 12.2. The molecule has 0 aliphatic heterocycles. The van der Waals surface area contributed by atoms with E-state index in [1.807, 2.05) is 20.8 Å². The Balaban J connectivity index is 2.17. The fraction of sp³-hybridized carbons (Fsp3) is 0.222. The van der Waals surface area contributed by atoms with Crippen LogP contribution in [0.25, 0.3) is 0 Å². The number of carbonyl (C=O) groups excluding carboxylic acids is 1. The van der Waals surface area contributed by atoms with Crippen LogP contribution in [0.2, 0.25) is 5.02 Å². The summed E-state index contributed by atoms with van der Waals surface area (Å²) >= 11 is 5.88. The van der Waals surface area contributed by atoms with Crippen molar-refractivity contribution in [3.05, 3.63) is 59.1 Å². The van der Waals surface area contributed by atoms with Crippen molar-refractivity contribution in [2.45, 2.75) is 26.3 Å². The molecule has 5 nitrogen and oxygen atoms in total. The molecular formula is C18H19ClN2O3. The molecule has 0 fully saturated rings. The van der Waals surface area contributed by atoms with Crippen LogP contribution in [0.1, 0.15) is 31.1 Å². The van der Waals surface area contributed by atoms with E-state index in [4.69, 9.17) is 11.6 Å². The molecule has 0 aliphatic rings. The Morgan fingerprint density at radius 3 is 2.21 bits per heavy atom. The van der Waals surface area contributed by atoms with E-state index >= 15 is 0 Å². The minimum atomic E-state index is -1.03. The maximum Gasteiger partial charge on any atom is 0.412 e. The van der Waals surface area contributed by atoms with Gasteiger partial charge in [0.15, 0.2) is 0 Å². The molecule has 2 amide bonds. The molecule has 0 bridgehead atoms. The number of amides is 2. The molecule has 126 valence electrons. The largest absolute Gasteiger partial charge is 0.465 e. The van der Waals surface area contributed by atoms with E-state index in [1.165, 1.54) is 4.90 Å². The van der Waals surface area contributed by atoms with Crippen LogP contribution in [0.4, 0.5) is 16.2 Å². The minimum Gasteiger partial charge on any atom is -0.465 e. The van der Waals surface area contributed by atoms with Crippen molar-refractivity contribution in [2.75, 3.05) is 10.2 Å². The zero-order valence-corrected chi connectivity index (χ0v) is 14.5. The molecule has 2 aromatic rings. The van der Waals surface area contributed by atoms with Crippen LogP contribution >= 0.6 is 11.6 Å². The molecule has 2 N–H and O–H groups in total. The van der Waals surface area contributed by atoms with Crippen LogP contribution in [-0.2, 0) is 0 Å². The van der Waals surface area contributed by atoms with Gasteiger partial charge in [0.2, 0.25) is 0 Å². The Morgan fingerprint density at radius 1 is 1.08 bits per heavy atom. The third kappa shape index (κ3) is 4.26. The summed E-state index contributed by atoms with van der Waals surface area (Å²) in [5, 5.41) is 12.6. The van der Waals surface area contributed by atoms with Crippen molar-refractivity contribution < 1.29 is 14.7 Å². The molecule has 0 saturated carbocycles. The number of nitrogens with zero attached hydrogens (tertiary/aromatic N) is 1. The fourth-order valence-electron chi connectivity index (χ4n) is 2.31. The summed E-state index contributed by atoms with van der Waals surface area (Å²) in [6.07, 6.45) is -1.03. The lowest BCUT2D eigenvalue weighted by atomic mass is 10.1. The highest BCUT2D eigenvalue weighted by molar-refractivity contribution is 6.31. The number of nitrogens with one attached hydrogen (secondary N) is 1. The molecule has 0 atom stereocenters. The summed E-state index contributed by atoms with van der Waals surface area (Å²) in [6, 6.07) is 13.3. The van der Waals surface area contributed by atoms with Crippen molar-refractivity contribution in [3.8, 4) is 0 Å². The highest BCUT2D eigenvalue weighted by atomic mass is 35.5. The number of hydrogen-bond acceptors (Lipinski definition) is 2. The van der Waals surface area contributed by atoms with E-state index in [2.05, 4.69) is 5.32 Å². The summed E-state index contributed by atoms with van der Waals surface area (Å²) in [5.74, 6) is -0.281. The molecule has 0 aliphatic carbocycles. The number of hydrogen-bond donors (Lipinski definition) is 2. The van der Waals surface area contributed by atoms with Crippen molar-refractivity contribution in [1.82, 2.24) is 0 Å². The predicted octanol–water partition coefficient (Wildman–Crippen LogP) is 4.88. The smallest absolute Gasteiger partial charge is 0.412 e. The second-order valence-corrected chi connectivity index (χ2v) is 6.74. The van der Waals surface area contributed by atoms with Gasteiger partial charge in [-0.25, -0.2) is 4.79 Å². The summed E-state index contributed by atoms with van der Waals surface area (Å²) in [6.45, 7) is 5.45. The van der Waals surface area contributed by atoms with E-state index in [-0.39, 0.29) is 5.91 Å². The Bertz CT molecular complexity index is 752. The van der Waals surface area contributed by atoms with Gasteiger partial charge in [-0.2, -0.15) is 0 Å². The lowest BCUT2D eigenvalue weighted by Crippen LogP contribution is -2.45. The van der Waals surface area contributed by atoms with Gasteiger partial charge in [0.1, 0.15) is 0 Å². The normalized spacial score (nSPS) is 11.0. The average molecular weight is 347 g/mol. The quantitative estimate of drug-likeness (QED) is 0.832. The molecule has 0 spiro atoms. The van der Waals surface area contributed by atoms with Crippen LogP contribution in [-0.4, -0.2) is 22.6 Å². The minimum absolute atomic E-state index is 0.281. The molecule has 0 aromatic heterocycles. The lowest BCUT2D eigenvalue weighted by Gasteiger charge is -2.33. The van der Waals surface area contributed by atoms with E-state index in [0.717, 1.165) is 0 Å². The van der Waals surface area contributed by atoms with Crippen LogP contribution in [0, 0.1) is 0 Å². The summed E-state index contributed by atoms with van der Waals surface area (Å²) in [5.41, 5.74) is 0.990. The molecule has 0 radical (unpaired) electrons. The number of carbonyl (C=O) groups is 2. The van der Waals surface area contributed by atoms with E-state index in [1.54, 1.807) is 48.5 Å². The third-order valence-corrected chi connectivity index (χ3v) is 3.57. The van der Waals surface area contributed by atoms with Crippen LogP contribution < -0.4 is 10.2 Å². The average Bonchev–Trinajstić information content (AvgIpc) is 2.47. The second-order valence-electron chi connectivity index (χ2n) is 6.30. The summed E-state index contributed by atoms with van der Waals surface area (Å²) < 4.78 is 0. The molecular weight excluding hydrogens is 328 g/mol. The molecule has 6 heteroatoms. The van der Waals surface area contributed by atoms with Gasteiger partial charge in [-0.1, -0.05) is 17.7 Å². The standard InChI is InChI=1S/C18H19ClN2O3/c1-18(2,3)21(17(23)24)15-9-7-14(8-10-15)20-16(22)12-5-4-6-13(19)11-12/h4-11H,1-3H3,(H,20,22)(H,23,24). The predicted molar refractivity (Wildman–Crippen MR) is 96.1 cm³/mol. The van der Waals surface area contributed by atoms with E-state index in [0.29, 0.717) is 22.0 Å². The Morgan fingerprint density at radius 2 is 1.71 bits per heavy atom. The molecule has 2 rings (SSSR count). The number of carboxylic acid groups (broad SMARTS) is 1. The topological polar surface area (TPSA) is 69.6 Å². The van der Waals surface area contributed by atoms with Gasteiger partial charge in [-0.15, -0.1) is 0 Å². The maximum atomic E-state index is 12.2. The Labute approximate surface area is 145 Å². The highest BCUT2D eigenvalue weighted by Gasteiger charge is 2.27. The first-order valence-electron chi connectivity index (χ1n) is 7.38. The van der Waals surface area contributed by atoms with Crippen LogP contribution in [0.15, 0.2) is 48.5 Å². The second kappa shape index (κ2) is 6.93. The first-order valence-corrected chi connectivity index (χ1v) is 7.76. The number of rotatable bonds is 3. The number of benzene rings is 2. The van der Waals surface area contributed by atoms with Gasteiger partial charge in [0, 0.05) is 27.5 Å². The van der Waals surface area contributed by atoms with Gasteiger partial charge in [0.25, 0.3) is 5.91 Å². The van der Waals surface area contributed by atoms with Gasteiger partial charge in [0.05, 0.1) is 0 Å². The zero-order valence-electron chi connectivity index (χ0n) is 13.7. The molecule has 0 saturated heterocycles. The molecule has 0 unspecified atom stereocenters. The lowest BCUT2D eigenvalue weighted by molar-refractivity contribution is 0.102. The van der Waals surface area contributed by atoms with Crippen LogP contribution in [0.5, 0.6) is 0 Å². The first kappa shape index (κ1) is 17.8. The molecule has 0 heterocycles. The van der Waals surface area contributed by atoms with Crippen molar-refractivity contribution in [1.29, 1.82) is 0 Å². The van der Waals surface area contributed by atoms with E-state index in [9.17, 15) is 14.7 Å².